The SMILES string of the molecule is CCCCC(=O)Nc1ccc(C(=O)N/N=C/c2ccc(Cl)cc2)cc1. The lowest BCUT2D eigenvalue weighted by Crippen LogP contribution is -2.17. The Labute approximate surface area is 152 Å². The van der Waals surface area contributed by atoms with Crippen molar-refractivity contribution >= 4 is 35.3 Å². The zero-order valence-electron chi connectivity index (χ0n) is 14.0. The smallest absolute Gasteiger partial charge is 0.271 e. The lowest BCUT2D eigenvalue weighted by atomic mass is 10.2. The molecule has 0 bridgehead atoms. The maximum atomic E-state index is 12.0. The fourth-order valence-corrected chi connectivity index (χ4v) is 2.17. The van der Waals surface area contributed by atoms with Gasteiger partial charge in [0.25, 0.3) is 5.91 Å². The molecule has 0 saturated carbocycles. The summed E-state index contributed by atoms with van der Waals surface area (Å²) in [5, 5.41) is 7.36. The Morgan fingerprint density at radius 3 is 2.40 bits per heavy atom. The molecular formula is C19H20ClN3O2. The fraction of sp³-hybridized carbons (Fsp3) is 0.211. The highest BCUT2D eigenvalue weighted by molar-refractivity contribution is 6.30. The minimum atomic E-state index is -0.325. The Morgan fingerprint density at radius 2 is 1.76 bits per heavy atom. The van der Waals surface area contributed by atoms with Crippen molar-refractivity contribution in [1.82, 2.24) is 5.43 Å². The van der Waals surface area contributed by atoms with Gasteiger partial charge in [0.15, 0.2) is 0 Å². The topological polar surface area (TPSA) is 70.6 Å². The van der Waals surface area contributed by atoms with E-state index in [4.69, 9.17) is 11.6 Å². The molecule has 2 N–H and O–H groups in total. The molecule has 0 aromatic heterocycles. The van der Waals surface area contributed by atoms with E-state index in [0.717, 1.165) is 18.4 Å². The molecule has 0 saturated heterocycles. The van der Waals surface area contributed by atoms with Gasteiger partial charge in [0.1, 0.15) is 0 Å². The van der Waals surface area contributed by atoms with Crippen LogP contribution in [0.5, 0.6) is 0 Å². The second-order valence-corrected chi connectivity index (χ2v) is 5.92. The van der Waals surface area contributed by atoms with E-state index in [1.807, 2.05) is 6.92 Å². The van der Waals surface area contributed by atoms with Crippen LogP contribution in [0.2, 0.25) is 5.02 Å². The van der Waals surface area contributed by atoms with Crippen LogP contribution in [0.4, 0.5) is 5.69 Å². The molecule has 0 atom stereocenters. The summed E-state index contributed by atoms with van der Waals surface area (Å²) in [4.78, 5) is 23.7. The van der Waals surface area contributed by atoms with Crippen LogP contribution < -0.4 is 10.7 Å². The van der Waals surface area contributed by atoms with E-state index in [1.165, 1.54) is 6.21 Å². The Hall–Kier alpha value is -2.66. The molecule has 2 amide bonds. The van der Waals surface area contributed by atoms with Crippen LogP contribution in [-0.2, 0) is 4.79 Å². The van der Waals surface area contributed by atoms with Gasteiger partial charge in [-0.25, -0.2) is 5.43 Å². The maximum absolute atomic E-state index is 12.0. The number of carbonyl (C=O) groups excluding carboxylic acids is 2. The number of hydrogen-bond acceptors (Lipinski definition) is 3. The summed E-state index contributed by atoms with van der Waals surface area (Å²) in [7, 11) is 0. The quantitative estimate of drug-likeness (QED) is 0.575. The number of rotatable bonds is 7. The molecule has 5 nitrogen and oxygen atoms in total. The minimum absolute atomic E-state index is 0.0217. The molecule has 0 heterocycles. The van der Waals surface area contributed by atoms with Gasteiger partial charge in [0.2, 0.25) is 5.91 Å². The van der Waals surface area contributed by atoms with Gasteiger partial charge in [-0.1, -0.05) is 37.1 Å². The van der Waals surface area contributed by atoms with Gasteiger partial charge in [-0.3, -0.25) is 9.59 Å². The van der Waals surface area contributed by atoms with E-state index >= 15 is 0 Å². The lowest BCUT2D eigenvalue weighted by Gasteiger charge is -2.05. The van der Waals surface area contributed by atoms with Crippen LogP contribution in [0.3, 0.4) is 0 Å². The zero-order chi connectivity index (χ0) is 18.1. The molecule has 130 valence electrons. The molecule has 0 unspecified atom stereocenters. The average Bonchev–Trinajstić information content (AvgIpc) is 2.62. The van der Waals surface area contributed by atoms with Gasteiger partial charge in [-0.05, 0) is 48.4 Å². The second kappa shape index (κ2) is 9.59. The molecule has 2 rings (SSSR count). The lowest BCUT2D eigenvalue weighted by molar-refractivity contribution is -0.116. The first-order chi connectivity index (χ1) is 12.1. The first-order valence-electron chi connectivity index (χ1n) is 8.07. The number of nitrogens with one attached hydrogen (secondary N) is 2. The number of halogens is 1. The van der Waals surface area contributed by atoms with Crippen LogP contribution >= 0.6 is 11.6 Å². The molecule has 2 aromatic rings. The molecule has 2 aromatic carbocycles. The number of hydrogen-bond donors (Lipinski definition) is 2. The van der Waals surface area contributed by atoms with Gasteiger partial charge in [-0.2, -0.15) is 5.10 Å². The monoisotopic (exact) mass is 357 g/mol. The summed E-state index contributed by atoms with van der Waals surface area (Å²) in [5.41, 5.74) is 4.42. The predicted octanol–water partition coefficient (Wildman–Crippen LogP) is 4.23. The first-order valence-corrected chi connectivity index (χ1v) is 8.45. The number of amides is 2. The summed E-state index contributed by atoms with van der Waals surface area (Å²) in [6, 6.07) is 13.8. The summed E-state index contributed by atoms with van der Waals surface area (Å²) in [5.74, 6) is -0.347. The molecule has 6 heteroatoms. The highest BCUT2D eigenvalue weighted by Crippen LogP contribution is 2.11. The van der Waals surface area contributed by atoms with Gasteiger partial charge in [0, 0.05) is 22.7 Å². The molecule has 0 aliphatic rings. The molecule has 0 radical (unpaired) electrons. The fourth-order valence-electron chi connectivity index (χ4n) is 2.04. The van der Waals surface area contributed by atoms with Crippen LogP contribution in [0.25, 0.3) is 0 Å². The molecule has 0 aliphatic carbocycles. The molecular weight excluding hydrogens is 338 g/mol. The highest BCUT2D eigenvalue weighted by Gasteiger charge is 2.05. The molecule has 0 fully saturated rings. The van der Waals surface area contributed by atoms with E-state index in [9.17, 15) is 9.59 Å². The van der Waals surface area contributed by atoms with Crippen LogP contribution in [-0.4, -0.2) is 18.0 Å². The van der Waals surface area contributed by atoms with Gasteiger partial charge in [-0.15, -0.1) is 0 Å². The predicted molar refractivity (Wildman–Crippen MR) is 101 cm³/mol. The minimum Gasteiger partial charge on any atom is -0.326 e. The number of anilines is 1. The van der Waals surface area contributed by atoms with Crippen molar-refractivity contribution in [3.05, 3.63) is 64.7 Å². The number of benzene rings is 2. The molecule has 0 aliphatic heterocycles. The number of nitrogens with zero attached hydrogens (tertiary/aromatic N) is 1. The van der Waals surface area contributed by atoms with Crippen molar-refractivity contribution in [1.29, 1.82) is 0 Å². The Balaban J connectivity index is 1.87. The van der Waals surface area contributed by atoms with E-state index < -0.39 is 0 Å². The normalized spacial score (nSPS) is 10.6. The largest absolute Gasteiger partial charge is 0.326 e. The zero-order valence-corrected chi connectivity index (χ0v) is 14.7. The number of hydrazone groups is 1. The first kappa shape index (κ1) is 18.7. The van der Waals surface area contributed by atoms with Crippen molar-refractivity contribution in [2.24, 2.45) is 5.10 Å². The van der Waals surface area contributed by atoms with Gasteiger partial charge in [0.05, 0.1) is 6.21 Å². The maximum Gasteiger partial charge on any atom is 0.271 e. The van der Waals surface area contributed by atoms with Crippen molar-refractivity contribution in [2.45, 2.75) is 26.2 Å². The summed E-state index contributed by atoms with van der Waals surface area (Å²) < 4.78 is 0. The molecule has 0 spiro atoms. The van der Waals surface area contributed by atoms with Crippen LogP contribution in [0.1, 0.15) is 42.1 Å². The van der Waals surface area contributed by atoms with E-state index in [0.29, 0.717) is 22.7 Å². The summed E-state index contributed by atoms with van der Waals surface area (Å²) in [6.07, 6.45) is 3.87. The standard InChI is InChI=1S/C19H20ClN3O2/c1-2-3-4-18(24)22-17-11-7-15(8-12-17)19(25)23-21-13-14-5-9-16(20)10-6-14/h5-13H,2-4H2,1H3,(H,22,24)(H,23,25)/b21-13+. The van der Waals surface area contributed by atoms with Crippen molar-refractivity contribution in [3.8, 4) is 0 Å². The third-order valence-electron chi connectivity index (χ3n) is 3.44. The van der Waals surface area contributed by atoms with E-state index in [-0.39, 0.29) is 11.8 Å². The molecule has 25 heavy (non-hydrogen) atoms. The number of carbonyl (C=O) groups is 2. The summed E-state index contributed by atoms with van der Waals surface area (Å²) in [6.45, 7) is 2.04. The Kier molecular flexibility index (Phi) is 7.16. The second-order valence-electron chi connectivity index (χ2n) is 5.48. The Bertz CT molecular complexity index is 740. The van der Waals surface area contributed by atoms with Gasteiger partial charge >= 0.3 is 0 Å². The van der Waals surface area contributed by atoms with E-state index in [2.05, 4.69) is 15.8 Å². The van der Waals surface area contributed by atoms with Crippen molar-refractivity contribution in [3.63, 3.8) is 0 Å². The van der Waals surface area contributed by atoms with E-state index in [1.54, 1.807) is 48.5 Å². The van der Waals surface area contributed by atoms with Crippen LogP contribution in [0.15, 0.2) is 53.6 Å². The van der Waals surface area contributed by atoms with Crippen LogP contribution in [0, 0.1) is 0 Å². The third-order valence-corrected chi connectivity index (χ3v) is 3.69. The van der Waals surface area contributed by atoms with Gasteiger partial charge < -0.3 is 5.32 Å². The van der Waals surface area contributed by atoms with Crippen molar-refractivity contribution in [2.75, 3.05) is 5.32 Å². The Morgan fingerprint density at radius 1 is 1.08 bits per heavy atom. The third kappa shape index (κ3) is 6.39. The van der Waals surface area contributed by atoms with Crippen molar-refractivity contribution < 1.29 is 9.59 Å². The number of unbranched alkanes of at least 4 members (excludes halogenated alkanes) is 1. The highest BCUT2D eigenvalue weighted by atomic mass is 35.5. The summed E-state index contributed by atoms with van der Waals surface area (Å²) >= 11 is 5.80. The average molecular weight is 358 g/mol.